The lowest BCUT2D eigenvalue weighted by atomic mass is 10.0. The fourth-order valence-corrected chi connectivity index (χ4v) is 9.30. The Morgan fingerprint density at radius 1 is 0.976 bits per heavy atom. The van der Waals surface area contributed by atoms with Crippen LogP contribution >= 0.6 is 7.26 Å². The van der Waals surface area contributed by atoms with E-state index in [9.17, 15) is 22.6 Å². The van der Waals surface area contributed by atoms with E-state index in [0.29, 0.717) is 10.6 Å². The monoisotopic (exact) mass is 609 g/mol. The van der Waals surface area contributed by atoms with Crippen molar-refractivity contribution >= 4 is 45.5 Å². The van der Waals surface area contributed by atoms with Gasteiger partial charge in [0.2, 0.25) is 16.3 Å². The van der Waals surface area contributed by atoms with Gasteiger partial charge in [0.25, 0.3) is 0 Å². The average Bonchev–Trinajstić information content (AvgIpc) is 3.24. The summed E-state index contributed by atoms with van der Waals surface area (Å²) in [5.41, 5.74) is 5.62. The molecule has 0 radical (unpaired) electrons. The van der Waals surface area contributed by atoms with Gasteiger partial charge >= 0.3 is 6.03 Å². The van der Waals surface area contributed by atoms with Crippen LogP contribution in [0.1, 0.15) is 6.92 Å². The van der Waals surface area contributed by atoms with Crippen molar-refractivity contribution in [3.63, 3.8) is 0 Å². The molecule has 10 nitrogen and oxygen atoms in total. The fraction of sp³-hybridized carbons (Fsp3) is 0.200. The van der Waals surface area contributed by atoms with Gasteiger partial charge in [0.1, 0.15) is 35.3 Å². The molecular formula is C30H32N3O7PS. The molecule has 2 N–H and O–H groups in total. The third-order valence-corrected chi connectivity index (χ3v) is 11.3. The van der Waals surface area contributed by atoms with Gasteiger partial charge in [0.15, 0.2) is 0 Å². The van der Waals surface area contributed by atoms with E-state index < -0.39 is 41.7 Å². The summed E-state index contributed by atoms with van der Waals surface area (Å²) in [4.78, 5) is 24.3. The lowest BCUT2D eigenvalue weighted by Crippen LogP contribution is -2.47. The number of methoxy groups -OCH3 is 1. The molecule has 220 valence electrons. The topological polar surface area (TPSA) is 142 Å². The SMILES string of the molecule is C/C=C/[P+](c1ccccc1)(c1ccccc1)c1ccccc1.COCC1=C[C@@H](C(N)=O)N2C[C@@H]1N(OS(=O)(=O)[O-])C2=O. The highest BCUT2D eigenvalue weighted by Gasteiger charge is 2.49. The smallest absolute Gasteiger partial charge is 0.346 e. The Hall–Kier alpha value is -3.86. The van der Waals surface area contributed by atoms with E-state index in [1.807, 2.05) is 0 Å². The van der Waals surface area contributed by atoms with Crippen LogP contribution in [0.2, 0.25) is 0 Å². The lowest BCUT2D eigenvalue weighted by Gasteiger charge is -2.27. The van der Waals surface area contributed by atoms with Crippen molar-refractivity contribution in [3.8, 4) is 0 Å². The average molecular weight is 610 g/mol. The Bertz CT molecular complexity index is 1450. The van der Waals surface area contributed by atoms with E-state index in [-0.39, 0.29) is 13.2 Å². The standard InChI is InChI=1S/C21H20P.C9H13N3O7S/c1-2-18-22(19-12-6-3-7-13-19,20-14-8-4-9-15-20)21-16-10-5-11-17-21;1-18-4-5-2-6(8(10)13)11-3-7(5)12(9(11)14)19-20(15,16)17/h2-18H,1H3;2,6-7H,3-4H2,1H3,(H2,10,13)(H,15,16,17)/q+1;/p-1/b18-2+;/t;6-,7-/m.0/s1. The first kappa shape index (κ1) is 31.1. The van der Waals surface area contributed by atoms with Crippen molar-refractivity contribution < 1.29 is 31.6 Å². The van der Waals surface area contributed by atoms with Crippen LogP contribution in [0, 0.1) is 0 Å². The van der Waals surface area contributed by atoms with E-state index in [2.05, 4.69) is 114 Å². The largest absolute Gasteiger partial charge is 0.724 e. The summed E-state index contributed by atoms with van der Waals surface area (Å²) in [6.07, 6.45) is 3.60. The summed E-state index contributed by atoms with van der Waals surface area (Å²) in [6, 6.07) is 29.9. The van der Waals surface area contributed by atoms with Crippen molar-refractivity contribution in [1.82, 2.24) is 9.96 Å². The normalized spacial score (nSPS) is 18.5. The van der Waals surface area contributed by atoms with Gasteiger partial charge in [-0.25, -0.2) is 13.2 Å². The molecule has 1 saturated heterocycles. The van der Waals surface area contributed by atoms with Crippen molar-refractivity contribution in [1.29, 1.82) is 0 Å². The second-order valence-electron chi connectivity index (χ2n) is 9.49. The van der Waals surface area contributed by atoms with Crippen LogP contribution in [-0.4, -0.2) is 67.2 Å². The van der Waals surface area contributed by atoms with Crippen molar-refractivity contribution in [2.24, 2.45) is 5.73 Å². The van der Waals surface area contributed by atoms with Gasteiger partial charge in [0.05, 0.1) is 19.0 Å². The number of ether oxygens (including phenoxy) is 1. The summed E-state index contributed by atoms with van der Waals surface area (Å²) in [5.74, 6) is 1.63. The van der Waals surface area contributed by atoms with Gasteiger partial charge in [-0.3, -0.25) is 4.79 Å². The Morgan fingerprint density at radius 3 is 1.83 bits per heavy atom. The molecule has 0 saturated carbocycles. The van der Waals surface area contributed by atoms with E-state index in [1.54, 1.807) is 0 Å². The number of nitrogens with two attached hydrogens (primary N) is 1. The maximum absolute atomic E-state index is 12.0. The van der Waals surface area contributed by atoms with E-state index in [1.165, 1.54) is 29.1 Å². The first-order valence-electron chi connectivity index (χ1n) is 13.1. The number of carbonyl (C=O) groups excluding carboxylic acids is 2. The number of allylic oxidation sites excluding steroid dienone is 1. The number of primary amides is 1. The molecule has 3 aromatic carbocycles. The number of urea groups is 1. The van der Waals surface area contributed by atoms with E-state index >= 15 is 0 Å². The number of rotatable bonds is 9. The number of amides is 3. The van der Waals surface area contributed by atoms with Crippen LogP contribution in [0.15, 0.2) is 115 Å². The number of nitrogens with zero attached hydrogens (tertiary/aromatic N) is 2. The van der Waals surface area contributed by atoms with Gasteiger partial charge < -0.3 is 19.9 Å². The Balaban J connectivity index is 0.000000194. The molecule has 0 aliphatic carbocycles. The fourth-order valence-electron chi connectivity index (χ4n) is 5.15. The number of hydrogen-bond donors (Lipinski definition) is 1. The summed E-state index contributed by atoms with van der Waals surface area (Å²) < 4.78 is 41.1. The second kappa shape index (κ2) is 13.4. The lowest BCUT2D eigenvalue weighted by molar-refractivity contribution is -0.120. The predicted molar refractivity (Wildman–Crippen MR) is 161 cm³/mol. The molecule has 0 aromatic heterocycles. The van der Waals surface area contributed by atoms with Gasteiger partial charge in [-0.15, -0.1) is 0 Å². The zero-order chi connectivity index (χ0) is 30.3. The first-order valence-corrected chi connectivity index (χ1v) is 16.2. The number of benzene rings is 3. The van der Waals surface area contributed by atoms with E-state index in [4.69, 9.17) is 10.5 Å². The van der Waals surface area contributed by atoms with Crippen LogP contribution in [-0.2, 0) is 24.2 Å². The molecule has 42 heavy (non-hydrogen) atoms. The summed E-state index contributed by atoms with van der Waals surface area (Å²) in [6.45, 7) is 2.13. The Kier molecular flexibility index (Phi) is 9.93. The van der Waals surface area contributed by atoms with E-state index in [0.717, 1.165) is 4.90 Å². The molecule has 1 fully saturated rings. The Morgan fingerprint density at radius 2 is 1.45 bits per heavy atom. The molecule has 5 rings (SSSR count). The number of carbonyl (C=O) groups is 2. The van der Waals surface area contributed by atoms with Crippen LogP contribution in [0.25, 0.3) is 0 Å². The first-order chi connectivity index (χ1) is 20.1. The maximum atomic E-state index is 12.0. The minimum atomic E-state index is -5.11. The highest BCUT2D eigenvalue weighted by atomic mass is 32.3. The number of fused-ring (bicyclic) bond motifs is 2. The molecular weight excluding hydrogens is 577 g/mol. The molecule has 2 bridgehead atoms. The van der Waals surface area contributed by atoms with Crippen LogP contribution in [0.4, 0.5) is 4.79 Å². The van der Waals surface area contributed by atoms with Crippen molar-refractivity contribution in [2.75, 3.05) is 20.3 Å². The van der Waals surface area contributed by atoms with Gasteiger partial charge in [-0.2, -0.15) is 9.35 Å². The molecule has 0 spiro atoms. The minimum Gasteiger partial charge on any atom is -0.724 e. The molecule has 2 heterocycles. The minimum absolute atomic E-state index is 0.0167. The zero-order valence-electron chi connectivity index (χ0n) is 23.1. The number of hydrogen-bond acceptors (Lipinski definition) is 7. The quantitative estimate of drug-likeness (QED) is 0.170. The van der Waals surface area contributed by atoms with Crippen LogP contribution in [0.5, 0.6) is 0 Å². The molecule has 3 aromatic rings. The summed E-state index contributed by atoms with van der Waals surface area (Å²) in [5, 5.41) is 4.61. The summed E-state index contributed by atoms with van der Waals surface area (Å²) >= 11 is 0. The van der Waals surface area contributed by atoms with Crippen LogP contribution in [0.3, 0.4) is 0 Å². The van der Waals surface area contributed by atoms with Crippen LogP contribution < -0.4 is 21.6 Å². The third-order valence-electron chi connectivity index (χ3n) is 6.86. The molecule has 0 unspecified atom stereocenters. The second-order valence-corrected chi connectivity index (χ2v) is 13.8. The molecule has 2 aliphatic rings. The van der Waals surface area contributed by atoms with Gasteiger partial charge in [-0.1, -0.05) is 60.7 Å². The van der Waals surface area contributed by atoms with Gasteiger partial charge in [0, 0.05) is 7.11 Å². The summed E-state index contributed by atoms with van der Waals surface area (Å²) in [7, 11) is -5.46. The maximum Gasteiger partial charge on any atom is 0.346 e. The molecule has 2 aliphatic heterocycles. The number of hydroxylamine groups is 2. The van der Waals surface area contributed by atoms with Gasteiger partial charge in [-0.05, 0) is 55.0 Å². The molecule has 3 amide bonds. The van der Waals surface area contributed by atoms with Crippen molar-refractivity contribution in [3.05, 3.63) is 115 Å². The highest BCUT2D eigenvalue weighted by Crippen LogP contribution is 2.56. The highest BCUT2D eigenvalue weighted by molar-refractivity contribution is 7.98. The van der Waals surface area contributed by atoms with Crippen molar-refractivity contribution in [2.45, 2.75) is 19.0 Å². The zero-order valence-corrected chi connectivity index (χ0v) is 24.9. The predicted octanol–water partition coefficient (Wildman–Crippen LogP) is 2.44. The Labute approximate surface area is 246 Å². The third kappa shape index (κ3) is 6.61. The molecule has 12 heteroatoms. The molecule has 2 atom stereocenters.